The van der Waals surface area contributed by atoms with Crippen LogP contribution in [-0.2, 0) is 11.2 Å². The van der Waals surface area contributed by atoms with E-state index in [4.69, 9.17) is 0 Å². The van der Waals surface area contributed by atoms with Gasteiger partial charge in [-0.3, -0.25) is 9.78 Å². The SMILES string of the molecule is Cc1cnc(C)c(N2CCN(C(=O)Cc3ccccc3C)CC2)n1. The largest absolute Gasteiger partial charge is 0.352 e. The van der Waals surface area contributed by atoms with E-state index in [2.05, 4.69) is 27.9 Å². The molecule has 0 N–H and O–H groups in total. The van der Waals surface area contributed by atoms with E-state index in [0.29, 0.717) is 6.42 Å². The molecule has 1 aliphatic rings. The lowest BCUT2D eigenvalue weighted by Gasteiger charge is -2.36. The Hall–Kier alpha value is -2.43. The van der Waals surface area contributed by atoms with E-state index in [-0.39, 0.29) is 5.91 Å². The van der Waals surface area contributed by atoms with Crippen molar-refractivity contribution in [3.8, 4) is 0 Å². The Morgan fingerprint density at radius 1 is 1.08 bits per heavy atom. The van der Waals surface area contributed by atoms with Gasteiger partial charge in [-0.05, 0) is 31.9 Å². The van der Waals surface area contributed by atoms with Gasteiger partial charge in [0.15, 0.2) is 0 Å². The highest BCUT2D eigenvalue weighted by Crippen LogP contribution is 2.18. The van der Waals surface area contributed by atoms with Gasteiger partial charge in [0.25, 0.3) is 0 Å². The van der Waals surface area contributed by atoms with E-state index in [0.717, 1.165) is 48.9 Å². The van der Waals surface area contributed by atoms with Crippen LogP contribution in [0.2, 0.25) is 0 Å². The van der Waals surface area contributed by atoms with Gasteiger partial charge in [0.1, 0.15) is 5.82 Å². The van der Waals surface area contributed by atoms with Gasteiger partial charge in [-0.1, -0.05) is 24.3 Å². The first-order valence-electron chi connectivity index (χ1n) is 8.42. The van der Waals surface area contributed by atoms with Crippen molar-refractivity contribution in [2.24, 2.45) is 0 Å². The van der Waals surface area contributed by atoms with Crippen LogP contribution in [0.15, 0.2) is 30.5 Å². The van der Waals surface area contributed by atoms with E-state index < -0.39 is 0 Å². The maximum atomic E-state index is 12.6. The van der Waals surface area contributed by atoms with Gasteiger partial charge in [-0.25, -0.2) is 4.98 Å². The zero-order valence-electron chi connectivity index (χ0n) is 14.6. The van der Waals surface area contributed by atoms with Crippen LogP contribution in [0.5, 0.6) is 0 Å². The fourth-order valence-electron chi connectivity index (χ4n) is 3.08. The molecule has 1 aromatic carbocycles. The molecule has 24 heavy (non-hydrogen) atoms. The summed E-state index contributed by atoms with van der Waals surface area (Å²) in [5.74, 6) is 1.15. The van der Waals surface area contributed by atoms with Crippen molar-refractivity contribution in [1.29, 1.82) is 0 Å². The quantitative estimate of drug-likeness (QED) is 0.869. The van der Waals surface area contributed by atoms with E-state index in [1.54, 1.807) is 6.20 Å². The topological polar surface area (TPSA) is 49.3 Å². The second-order valence-corrected chi connectivity index (χ2v) is 6.39. The Labute approximate surface area is 143 Å². The molecule has 2 heterocycles. The molecule has 1 fully saturated rings. The van der Waals surface area contributed by atoms with Crippen molar-refractivity contribution in [3.05, 3.63) is 53.0 Å². The van der Waals surface area contributed by atoms with Crippen molar-refractivity contribution in [3.63, 3.8) is 0 Å². The third kappa shape index (κ3) is 3.55. The first-order valence-corrected chi connectivity index (χ1v) is 8.42. The highest BCUT2D eigenvalue weighted by atomic mass is 16.2. The number of aromatic nitrogens is 2. The van der Waals surface area contributed by atoms with Crippen LogP contribution >= 0.6 is 0 Å². The molecule has 1 amide bonds. The maximum absolute atomic E-state index is 12.6. The van der Waals surface area contributed by atoms with Crippen LogP contribution in [0.4, 0.5) is 5.82 Å². The number of rotatable bonds is 3. The molecule has 0 radical (unpaired) electrons. The lowest BCUT2D eigenvalue weighted by Crippen LogP contribution is -2.49. The zero-order valence-corrected chi connectivity index (χ0v) is 14.6. The predicted molar refractivity (Wildman–Crippen MR) is 95.2 cm³/mol. The molecular weight excluding hydrogens is 300 g/mol. The maximum Gasteiger partial charge on any atom is 0.227 e. The van der Waals surface area contributed by atoms with Crippen molar-refractivity contribution in [2.75, 3.05) is 31.1 Å². The number of carbonyl (C=O) groups is 1. The molecular formula is C19H24N4O. The van der Waals surface area contributed by atoms with E-state index in [9.17, 15) is 4.79 Å². The van der Waals surface area contributed by atoms with Crippen molar-refractivity contribution >= 4 is 11.7 Å². The number of hydrogen-bond acceptors (Lipinski definition) is 4. The summed E-state index contributed by atoms with van der Waals surface area (Å²) >= 11 is 0. The van der Waals surface area contributed by atoms with Gasteiger partial charge in [-0.15, -0.1) is 0 Å². The standard InChI is InChI=1S/C19H24N4O/c1-14-6-4-5-7-17(14)12-18(24)22-8-10-23(11-9-22)19-16(3)20-13-15(2)21-19/h4-7,13H,8-12H2,1-3H3. The van der Waals surface area contributed by atoms with Crippen LogP contribution in [0.25, 0.3) is 0 Å². The summed E-state index contributed by atoms with van der Waals surface area (Å²) in [6.07, 6.45) is 2.27. The Bertz CT molecular complexity index is 736. The molecule has 126 valence electrons. The van der Waals surface area contributed by atoms with Gasteiger partial charge in [-0.2, -0.15) is 0 Å². The number of benzene rings is 1. The molecule has 1 aromatic heterocycles. The fourth-order valence-corrected chi connectivity index (χ4v) is 3.08. The second-order valence-electron chi connectivity index (χ2n) is 6.39. The number of hydrogen-bond donors (Lipinski definition) is 0. The Morgan fingerprint density at radius 2 is 1.79 bits per heavy atom. The first-order chi connectivity index (χ1) is 11.5. The Balaban J connectivity index is 1.61. The van der Waals surface area contributed by atoms with Crippen LogP contribution in [0.3, 0.4) is 0 Å². The molecule has 0 spiro atoms. The zero-order chi connectivity index (χ0) is 17.1. The third-order valence-corrected chi connectivity index (χ3v) is 4.59. The number of amides is 1. The number of piperazine rings is 1. The lowest BCUT2D eigenvalue weighted by atomic mass is 10.1. The van der Waals surface area contributed by atoms with Crippen molar-refractivity contribution in [1.82, 2.24) is 14.9 Å². The molecule has 0 bridgehead atoms. The minimum atomic E-state index is 0.205. The normalized spacial score (nSPS) is 14.8. The second kappa shape index (κ2) is 6.99. The van der Waals surface area contributed by atoms with E-state index >= 15 is 0 Å². The van der Waals surface area contributed by atoms with E-state index in [1.165, 1.54) is 5.56 Å². The summed E-state index contributed by atoms with van der Waals surface area (Å²) in [5, 5.41) is 0. The molecule has 0 aliphatic carbocycles. The highest BCUT2D eigenvalue weighted by molar-refractivity contribution is 5.79. The average molecular weight is 324 g/mol. The summed E-state index contributed by atoms with van der Waals surface area (Å²) in [5.41, 5.74) is 4.16. The van der Waals surface area contributed by atoms with Crippen LogP contribution < -0.4 is 4.90 Å². The lowest BCUT2D eigenvalue weighted by molar-refractivity contribution is -0.130. The number of carbonyl (C=O) groups excluding carboxylic acids is 1. The molecule has 2 aromatic rings. The number of anilines is 1. The minimum absolute atomic E-state index is 0.205. The van der Waals surface area contributed by atoms with Crippen molar-refractivity contribution in [2.45, 2.75) is 27.2 Å². The fraction of sp³-hybridized carbons (Fsp3) is 0.421. The van der Waals surface area contributed by atoms with Crippen LogP contribution in [-0.4, -0.2) is 47.0 Å². The van der Waals surface area contributed by atoms with Crippen LogP contribution in [0.1, 0.15) is 22.5 Å². The molecule has 1 aliphatic heterocycles. The smallest absolute Gasteiger partial charge is 0.227 e. The van der Waals surface area contributed by atoms with Gasteiger partial charge < -0.3 is 9.80 Å². The summed E-state index contributed by atoms with van der Waals surface area (Å²) in [7, 11) is 0. The molecule has 5 nitrogen and oxygen atoms in total. The molecule has 0 atom stereocenters. The predicted octanol–water partition coefficient (Wildman–Crippen LogP) is 2.29. The van der Waals surface area contributed by atoms with Gasteiger partial charge in [0, 0.05) is 32.4 Å². The molecule has 1 saturated heterocycles. The summed E-state index contributed by atoms with van der Waals surface area (Å²) in [6, 6.07) is 8.09. The number of aryl methyl sites for hydroxylation is 3. The van der Waals surface area contributed by atoms with Gasteiger partial charge >= 0.3 is 0 Å². The van der Waals surface area contributed by atoms with E-state index in [1.807, 2.05) is 36.9 Å². The summed E-state index contributed by atoms with van der Waals surface area (Å²) in [4.78, 5) is 25.7. The first kappa shape index (κ1) is 16.4. The van der Waals surface area contributed by atoms with Gasteiger partial charge in [0.2, 0.25) is 5.91 Å². The van der Waals surface area contributed by atoms with Crippen molar-refractivity contribution < 1.29 is 4.79 Å². The summed E-state index contributed by atoms with van der Waals surface area (Å²) < 4.78 is 0. The summed E-state index contributed by atoms with van der Waals surface area (Å²) in [6.45, 7) is 9.08. The Morgan fingerprint density at radius 3 is 2.50 bits per heavy atom. The molecule has 0 saturated carbocycles. The molecule has 3 rings (SSSR count). The minimum Gasteiger partial charge on any atom is -0.352 e. The average Bonchev–Trinajstić information content (AvgIpc) is 2.59. The monoisotopic (exact) mass is 324 g/mol. The number of nitrogens with zero attached hydrogens (tertiary/aromatic N) is 4. The third-order valence-electron chi connectivity index (χ3n) is 4.59. The Kier molecular flexibility index (Phi) is 4.79. The highest BCUT2D eigenvalue weighted by Gasteiger charge is 2.23. The molecule has 0 unspecified atom stereocenters. The molecule has 5 heteroatoms. The van der Waals surface area contributed by atoms with Crippen LogP contribution in [0, 0.1) is 20.8 Å². The van der Waals surface area contributed by atoms with Gasteiger partial charge in [0.05, 0.1) is 17.8 Å².